The molecule has 0 fully saturated rings. The first-order chi connectivity index (χ1) is 9.58. The zero-order valence-electron chi connectivity index (χ0n) is 10.5. The molecule has 0 aliphatic heterocycles. The van der Waals surface area contributed by atoms with Crippen LogP contribution >= 0.6 is 11.6 Å². The van der Waals surface area contributed by atoms with Crippen molar-refractivity contribution in [1.82, 2.24) is 4.98 Å². The predicted molar refractivity (Wildman–Crippen MR) is 75.4 cm³/mol. The zero-order valence-corrected chi connectivity index (χ0v) is 11.2. The summed E-state index contributed by atoms with van der Waals surface area (Å²) in [7, 11) is 1.55. The van der Waals surface area contributed by atoms with Crippen LogP contribution in [0.15, 0.2) is 34.7 Å². The molecule has 0 amide bonds. The first kappa shape index (κ1) is 12.7. The molecule has 0 bridgehead atoms. The van der Waals surface area contributed by atoms with Crippen LogP contribution in [0.4, 0.5) is 10.1 Å². The zero-order chi connectivity index (χ0) is 14.3. The lowest BCUT2D eigenvalue weighted by atomic mass is 10.1. The minimum atomic E-state index is -0.468. The molecule has 0 spiro atoms. The molecule has 0 radical (unpaired) electrons. The van der Waals surface area contributed by atoms with E-state index in [1.165, 1.54) is 12.1 Å². The standard InChI is InChI=1S/C14H10ClFN2O2/c1-19-8-2-3-9(11(17)6-8)14-18-12-5-7(16)4-10(15)13(12)20-14/h2-6H,17H2,1H3. The third kappa shape index (κ3) is 2.06. The molecule has 102 valence electrons. The maximum atomic E-state index is 13.3. The monoisotopic (exact) mass is 292 g/mol. The van der Waals surface area contributed by atoms with Crippen molar-refractivity contribution < 1.29 is 13.5 Å². The van der Waals surface area contributed by atoms with E-state index in [4.69, 9.17) is 26.5 Å². The van der Waals surface area contributed by atoms with E-state index in [0.29, 0.717) is 28.1 Å². The maximum absolute atomic E-state index is 13.3. The van der Waals surface area contributed by atoms with Crippen molar-refractivity contribution in [3.05, 3.63) is 41.2 Å². The number of halogens is 2. The number of nitrogens with zero attached hydrogens (tertiary/aromatic N) is 1. The van der Waals surface area contributed by atoms with E-state index >= 15 is 0 Å². The van der Waals surface area contributed by atoms with Gasteiger partial charge in [0.1, 0.15) is 17.1 Å². The average molecular weight is 293 g/mol. The number of benzene rings is 2. The van der Waals surface area contributed by atoms with E-state index in [0.717, 1.165) is 0 Å². The number of rotatable bonds is 2. The second kappa shape index (κ2) is 4.68. The summed E-state index contributed by atoms with van der Waals surface area (Å²) in [6.45, 7) is 0. The SMILES string of the molecule is COc1ccc(-c2nc3cc(F)cc(Cl)c3o2)c(N)c1. The number of methoxy groups -OCH3 is 1. The van der Waals surface area contributed by atoms with Crippen molar-refractivity contribution in [2.24, 2.45) is 0 Å². The van der Waals surface area contributed by atoms with Crippen molar-refractivity contribution >= 4 is 28.4 Å². The summed E-state index contributed by atoms with van der Waals surface area (Å²) < 4.78 is 23.9. The van der Waals surface area contributed by atoms with E-state index in [-0.39, 0.29) is 10.9 Å². The summed E-state index contributed by atoms with van der Waals surface area (Å²) in [6.07, 6.45) is 0. The Morgan fingerprint density at radius 2 is 2.10 bits per heavy atom. The molecule has 2 N–H and O–H groups in total. The lowest BCUT2D eigenvalue weighted by Crippen LogP contribution is -1.92. The van der Waals surface area contributed by atoms with Gasteiger partial charge in [0.2, 0.25) is 5.89 Å². The molecule has 0 saturated heterocycles. The summed E-state index contributed by atoms with van der Waals surface area (Å²) in [4.78, 5) is 4.21. The van der Waals surface area contributed by atoms with E-state index in [9.17, 15) is 4.39 Å². The topological polar surface area (TPSA) is 61.3 Å². The molecule has 6 heteroatoms. The quantitative estimate of drug-likeness (QED) is 0.728. The normalized spacial score (nSPS) is 10.9. The van der Waals surface area contributed by atoms with Crippen LogP contribution in [0, 0.1) is 5.82 Å². The molecule has 0 saturated carbocycles. The second-order valence-corrected chi connectivity index (χ2v) is 4.62. The Hall–Kier alpha value is -2.27. The van der Waals surface area contributed by atoms with Crippen LogP contribution < -0.4 is 10.5 Å². The number of aromatic nitrogens is 1. The van der Waals surface area contributed by atoms with Gasteiger partial charge in [-0.1, -0.05) is 11.6 Å². The average Bonchev–Trinajstić information content (AvgIpc) is 2.82. The molecule has 1 heterocycles. The Labute approximate surface area is 118 Å². The van der Waals surface area contributed by atoms with E-state index in [1.807, 2.05) is 0 Å². The van der Waals surface area contributed by atoms with Gasteiger partial charge in [0, 0.05) is 17.8 Å². The summed E-state index contributed by atoms with van der Waals surface area (Å²) in [6, 6.07) is 7.56. The van der Waals surface area contributed by atoms with Gasteiger partial charge in [-0.2, -0.15) is 0 Å². The van der Waals surface area contributed by atoms with E-state index in [1.54, 1.807) is 25.3 Å². The van der Waals surface area contributed by atoms with Crippen LogP contribution in [0.1, 0.15) is 0 Å². The molecule has 1 aromatic heterocycles. The Bertz CT molecular complexity index is 801. The van der Waals surface area contributed by atoms with Gasteiger partial charge in [-0.3, -0.25) is 0 Å². The number of nitrogen functional groups attached to an aromatic ring is 1. The first-order valence-corrected chi connectivity index (χ1v) is 6.16. The van der Waals surface area contributed by atoms with Crippen LogP contribution in [-0.2, 0) is 0 Å². The molecule has 3 rings (SSSR count). The largest absolute Gasteiger partial charge is 0.497 e. The first-order valence-electron chi connectivity index (χ1n) is 5.78. The van der Waals surface area contributed by atoms with Gasteiger partial charge >= 0.3 is 0 Å². The number of hydrogen-bond donors (Lipinski definition) is 1. The predicted octanol–water partition coefficient (Wildman–Crippen LogP) is 3.88. The molecule has 2 aromatic carbocycles. The van der Waals surface area contributed by atoms with Crippen molar-refractivity contribution in [3.63, 3.8) is 0 Å². The van der Waals surface area contributed by atoms with Crippen LogP contribution in [-0.4, -0.2) is 12.1 Å². The van der Waals surface area contributed by atoms with E-state index < -0.39 is 5.82 Å². The van der Waals surface area contributed by atoms with Crippen LogP contribution in [0.2, 0.25) is 5.02 Å². The summed E-state index contributed by atoms with van der Waals surface area (Å²) >= 11 is 5.93. The Kier molecular flexibility index (Phi) is 2.99. The van der Waals surface area contributed by atoms with Gasteiger partial charge in [-0.15, -0.1) is 0 Å². The highest BCUT2D eigenvalue weighted by Gasteiger charge is 2.14. The summed E-state index contributed by atoms with van der Waals surface area (Å²) in [5.74, 6) is 0.448. The maximum Gasteiger partial charge on any atom is 0.229 e. The van der Waals surface area contributed by atoms with Crippen LogP contribution in [0.5, 0.6) is 5.75 Å². The third-order valence-electron chi connectivity index (χ3n) is 2.90. The number of fused-ring (bicyclic) bond motifs is 1. The highest BCUT2D eigenvalue weighted by molar-refractivity contribution is 6.34. The lowest BCUT2D eigenvalue weighted by molar-refractivity contribution is 0.415. The molecule has 0 aliphatic rings. The van der Waals surface area contributed by atoms with Crippen molar-refractivity contribution in [3.8, 4) is 17.2 Å². The van der Waals surface area contributed by atoms with E-state index in [2.05, 4.69) is 4.98 Å². The van der Waals surface area contributed by atoms with Gasteiger partial charge < -0.3 is 14.9 Å². The van der Waals surface area contributed by atoms with Gasteiger partial charge in [-0.05, 0) is 18.2 Å². The smallest absolute Gasteiger partial charge is 0.229 e. The fraction of sp³-hybridized carbons (Fsp3) is 0.0714. The molecular formula is C14H10ClFN2O2. The van der Waals surface area contributed by atoms with Gasteiger partial charge in [0.05, 0.1) is 17.7 Å². The highest BCUT2D eigenvalue weighted by atomic mass is 35.5. The molecular weight excluding hydrogens is 283 g/mol. The fourth-order valence-electron chi connectivity index (χ4n) is 1.94. The van der Waals surface area contributed by atoms with Gasteiger partial charge in [0.15, 0.2) is 5.58 Å². The molecule has 20 heavy (non-hydrogen) atoms. The number of oxazole rings is 1. The minimum Gasteiger partial charge on any atom is -0.497 e. The van der Waals surface area contributed by atoms with Crippen molar-refractivity contribution in [1.29, 1.82) is 0 Å². The number of ether oxygens (including phenoxy) is 1. The molecule has 0 aliphatic carbocycles. The number of nitrogens with two attached hydrogens (primary N) is 1. The Morgan fingerprint density at radius 3 is 2.80 bits per heavy atom. The fourth-order valence-corrected chi connectivity index (χ4v) is 2.18. The third-order valence-corrected chi connectivity index (χ3v) is 3.18. The molecule has 4 nitrogen and oxygen atoms in total. The van der Waals surface area contributed by atoms with Crippen molar-refractivity contribution in [2.45, 2.75) is 0 Å². The van der Waals surface area contributed by atoms with Crippen molar-refractivity contribution in [2.75, 3.05) is 12.8 Å². The second-order valence-electron chi connectivity index (χ2n) is 4.21. The van der Waals surface area contributed by atoms with Crippen LogP contribution in [0.25, 0.3) is 22.6 Å². The lowest BCUT2D eigenvalue weighted by Gasteiger charge is -2.04. The number of hydrogen-bond acceptors (Lipinski definition) is 4. The Morgan fingerprint density at radius 1 is 1.30 bits per heavy atom. The number of anilines is 1. The van der Waals surface area contributed by atoms with Gasteiger partial charge in [0.25, 0.3) is 0 Å². The minimum absolute atomic E-state index is 0.172. The summed E-state index contributed by atoms with van der Waals surface area (Å²) in [5, 5.41) is 0.172. The van der Waals surface area contributed by atoms with Crippen LogP contribution in [0.3, 0.4) is 0 Å². The Balaban J connectivity index is 2.17. The molecule has 0 unspecified atom stereocenters. The summed E-state index contributed by atoms with van der Waals surface area (Å²) in [5.41, 5.74) is 7.66. The molecule has 3 aromatic rings. The molecule has 0 atom stereocenters. The highest BCUT2D eigenvalue weighted by Crippen LogP contribution is 2.33. The van der Waals surface area contributed by atoms with Gasteiger partial charge in [-0.25, -0.2) is 9.37 Å².